The van der Waals surface area contributed by atoms with E-state index in [2.05, 4.69) is 4.98 Å². The van der Waals surface area contributed by atoms with E-state index >= 15 is 0 Å². The molecule has 0 saturated carbocycles. The summed E-state index contributed by atoms with van der Waals surface area (Å²) in [6.45, 7) is 21.6. The number of ketones is 1. The van der Waals surface area contributed by atoms with E-state index in [1.54, 1.807) is 37.8 Å². The van der Waals surface area contributed by atoms with Crippen molar-refractivity contribution in [3.8, 4) is 11.5 Å². The first kappa shape index (κ1) is 30.1. The Morgan fingerprint density at radius 2 is 1.56 bits per heavy atom. The first-order valence-electron chi connectivity index (χ1n) is 13.4. The number of Topliss-reactive ketones (excluding diaryl/α,β-unsaturated/α-hetero) is 1. The molecule has 212 valence electrons. The molecule has 1 aliphatic rings. The van der Waals surface area contributed by atoms with Crippen molar-refractivity contribution in [2.45, 2.75) is 99.1 Å². The molecular formula is C31H43N3O5. The van der Waals surface area contributed by atoms with Crippen molar-refractivity contribution in [3.63, 3.8) is 0 Å². The molecule has 3 rings (SSSR count). The number of rotatable bonds is 6. The lowest BCUT2D eigenvalue weighted by molar-refractivity contribution is 0.00585. The Bertz CT molecular complexity index is 1290. The molecule has 0 unspecified atom stereocenters. The summed E-state index contributed by atoms with van der Waals surface area (Å²) in [7, 11) is 0. The van der Waals surface area contributed by atoms with Crippen molar-refractivity contribution in [1.29, 1.82) is 5.41 Å². The van der Waals surface area contributed by atoms with Crippen LogP contribution in [-0.4, -0.2) is 51.3 Å². The van der Waals surface area contributed by atoms with E-state index in [9.17, 15) is 14.7 Å². The summed E-state index contributed by atoms with van der Waals surface area (Å²) in [6.07, 6.45) is 0. The van der Waals surface area contributed by atoms with Gasteiger partial charge in [-0.05, 0) is 57.6 Å². The summed E-state index contributed by atoms with van der Waals surface area (Å²) >= 11 is 0. The number of hydrogen-bond acceptors (Lipinski definition) is 7. The van der Waals surface area contributed by atoms with Gasteiger partial charge in [0.15, 0.2) is 17.2 Å². The molecule has 0 aliphatic carbocycles. The number of ether oxygens (including phenoxy) is 2. The van der Waals surface area contributed by atoms with Gasteiger partial charge in [0, 0.05) is 34.4 Å². The minimum Gasteiger partial charge on any atom is -0.507 e. The van der Waals surface area contributed by atoms with Gasteiger partial charge in [0.05, 0.1) is 13.2 Å². The summed E-state index contributed by atoms with van der Waals surface area (Å²) in [5.41, 5.74) is 2.28. The van der Waals surface area contributed by atoms with Crippen molar-refractivity contribution in [1.82, 2.24) is 9.88 Å². The maximum Gasteiger partial charge on any atom is 0.361 e. The number of phenols is 1. The highest BCUT2D eigenvalue weighted by molar-refractivity contribution is 6.05. The SMILES string of the molecule is CCOc1c(C(=O)OC(C)(C)C)nc2c(c1C)CN(CC(=O)c1cc(C(C)(C)C)c(O)c(C(C)(C)C)c1)C2=N. The maximum atomic E-state index is 13.6. The fourth-order valence-electron chi connectivity index (χ4n) is 4.66. The Hall–Kier alpha value is -3.42. The molecule has 2 aromatic rings. The highest BCUT2D eigenvalue weighted by Gasteiger charge is 2.35. The number of hydrogen-bond donors (Lipinski definition) is 2. The van der Waals surface area contributed by atoms with Gasteiger partial charge in [-0.15, -0.1) is 0 Å². The second kappa shape index (κ2) is 10.3. The third kappa shape index (κ3) is 6.26. The van der Waals surface area contributed by atoms with Gasteiger partial charge >= 0.3 is 5.97 Å². The van der Waals surface area contributed by atoms with Gasteiger partial charge in [0.1, 0.15) is 22.9 Å². The van der Waals surface area contributed by atoms with Gasteiger partial charge in [-0.25, -0.2) is 9.78 Å². The first-order chi connectivity index (χ1) is 17.8. The lowest BCUT2D eigenvalue weighted by Gasteiger charge is -2.28. The van der Waals surface area contributed by atoms with Gasteiger partial charge < -0.3 is 19.5 Å². The van der Waals surface area contributed by atoms with E-state index in [0.29, 0.717) is 46.8 Å². The molecule has 0 saturated heterocycles. The number of fused-ring (bicyclic) bond motifs is 1. The topological polar surface area (TPSA) is 113 Å². The Morgan fingerprint density at radius 1 is 1.03 bits per heavy atom. The van der Waals surface area contributed by atoms with Crippen LogP contribution in [-0.2, 0) is 22.1 Å². The Morgan fingerprint density at radius 3 is 2.03 bits per heavy atom. The average molecular weight is 538 g/mol. The second-order valence-electron chi connectivity index (χ2n) is 13.2. The van der Waals surface area contributed by atoms with E-state index in [4.69, 9.17) is 14.9 Å². The van der Waals surface area contributed by atoms with Crippen LogP contribution < -0.4 is 4.74 Å². The lowest BCUT2D eigenvalue weighted by Crippen LogP contribution is -2.31. The van der Waals surface area contributed by atoms with Crippen molar-refractivity contribution < 1.29 is 24.2 Å². The van der Waals surface area contributed by atoms with Crippen LogP contribution in [0.4, 0.5) is 0 Å². The van der Waals surface area contributed by atoms with Gasteiger partial charge in [-0.2, -0.15) is 0 Å². The van der Waals surface area contributed by atoms with Gasteiger partial charge in [0.2, 0.25) is 0 Å². The van der Waals surface area contributed by atoms with Crippen LogP contribution in [0, 0.1) is 12.3 Å². The maximum absolute atomic E-state index is 13.6. The van der Waals surface area contributed by atoms with Crippen molar-refractivity contribution in [3.05, 3.63) is 51.3 Å². The minimum absolute atomic E-state index is 0.0316. The highest BCUT2D eigenvalue weighted by Crippen LogP contribution is 2.40. The monoisotopic (exact) mass is 537 g/mol. The standard InChI is InChI=1S/C31H43N3O5/c1-12-38-26-17(2)19-15-34(27(32)23(19)33-24(26)28(37)39-31(9,10)11)16-22(35)18-13-20(29(3,4)5)25(36)21(14-18)30(6,7)8/h13-14,32,36H,12,15-16H2,1-11H3. The molecule has 0 radical (unpaired) electrons. The number of aromatic nitrogens is 1. The molecule has 0 fully saturated rings. The van der Waals surface area contributed by atoms with E-state index in [1.165, 1.54) is 0 Å². The smallest absolute Gasteiger partial charge is 0.361 e. The Labute approximate surface area is 232 Å². The molecule has 1 aliphatic heterocycles. The van der Waals surface area contributed by atoms with Crippen LogP contribution in [0.1, 0.15) is 118 Å². The second-order valence-corrected chi connectivity index (χ2v) is 13.2. The van der Waals surface area contributed by atoms with Crippen LogP contribution in [0.5, 0.6) is 11.5 Å². The molecule has 8 nitrogen and oxygen atoms in total. The number of nitrogens with one attached hydrogen (secondary N) is 1. The number of carbonyl (C=O) groups excluding carboxylic acids is 2. The number of phenolic OH excluding ortho intramolecular Hbond substituents is 1. The highest BCUT2D eigenvalue weighted by atomic mass is 16.6. The summed E-state index contributed by atoms with van der Waals surface area (Å²) < 4.78 is 11.4. The van der Waals surface area contributed by atoms with Gasteiger partial charge in [0.25, 0.3) is 0 Å². The number of amidine groups is 1. The molecule has 8 heteroatoms. The van der Waals surface area contributed by atoms with Crippen molar-refractivity contribution >= 4 is 17.6 Å². The van der Waals surface area contributed by atoms with Gasteiger partial charge in [-0.1, -0.05) is 41.5 Å². The number of pyridine rings is 1. The first-order valence-corrected chi connectivity index (χ1v) is 13.4. The molecule has 0 amide bonds. The molecule has 0 spiro atoms. The van der Waals surface area contributed by atoms with E-state index in [-0.39, 0.29) is 40.4 Å². The average Bonchev–Trinajstić information content (AvgIpc) is 3.08. The summed E-state index contributed by atoms with van der Waals surface area (Å²) in [6, 6.07) is 3.52. The van der Waals surface area contributed by atoms with Crippen LogP contribution >= 0.6 is 0 Å². The molecular weight excluding hydrogens is 494 g/mol. The summed E-state index contributed by atoms with van der Waals surface area (Å²) in [5.74, 6) is -0.160. The zero-order valence-electron chi connectivity index (χ0n) is 25.3. The zero-order valence-corrected chi connectivity index (χ0v) is 25.3. The third-order valence-corrected chi connectivity index (χ3v) is 6.67. The number of aromatic hydroxyl groups is 1. The van der Waals surface area contributed by atoms with Crippen LogP contribution in [0.15, 0.2) is 12.1 Å². The quantitative estimate of drug-likeness (QED) is 0.340. The fraction of sp³-hybridized carbons (Fsp3) is 0.548. The predicted molar refractivity (Wildman–Crippen MR) is 152 cm³/mol. The van der Waals surface area contributed by atoms with E-state index in [0.717, 1.165) is 5.56 Å². The number of carbonyl (C=O) groups is 2. The molecule has 1 aromatic heterocycles. The molecule has 39 heavy (non-hydrogen) atoms. The number of nitrogens with zero attached hydrogens (tertiary/aromatic N) is 2. The van der Waals surface area contributed by atoms with Crippen LogP contribution in [0.25, 0.3) is 0 Å². The summed E-state index contributed by atoms with van der Waals surface area (Å²) in [4.78, 5) is 32.8. The molecule has 2 N–H and O–H groups in total. The van der Waals surface area contributed by atoms with Crippen LogP contribution in [0.3, 0.4) is 0 Å². The van der Waals surface area contributed by atoms with E-state index in [1.807, 2.05) is 55.4 Å². The molecule has 0 atom stereocenters. The van der Waals surface area contributed by atoms with Gasteiger partial charge in [-0.3, -0.25) is 10.2 Å². The normalized spacial score (nSPS) is 13.9. The van der Waals surface area contributed by atoms with Crippen LogP contribution in [0.2, 0.25) is 0 Å². The zero-order chi connectivity index (χ0) is 29.7. The lowest BCUT2D eigenvalue weighted by atomic mass is 9.78. The fourth-order valence-corrected chi connectivity index (χ4v) is 4.66. The van der Waals surface area contributed by atoms with E-state index < -0.39 is 11.6 Å². The Kier molecular flexibility index (Phi) is 7.94. The van der Waals surface area contributed by atoms with Crippen molar-refractivity contribution in [2.75, 3.05) is 13.2 Å². The minimum atomic E-state index is -0.719. The molecule has 2 heterocycles. The predicted octanol–water partition coefficient (Wildman–Crippen LogP) is 6.07. The molecule has 1 aromatic carbocycles. The Balaban J connectivity index is 2.00. The largest absolute Gasteiger partial charge is 0.507 e. The third-order valence-electron chi connectivity index (χ3n) is 6.67. The number of benzene rings is 1. The number of esters is 1. The van der Waals surface area contributed by atoms with Crippen molar-refractivity contribution in [2.24, 2.45) is 0 Å². The summed E-state index contributed by atoms with van der Waals surface area (Å²) in [5, 5.41) is 19.9. The molecule has 0 bridgehead atoms.